The van der Waals surface area contributed by atoms with Crippen LogP contribution in [0.25, 0.3) is 0 Å². The zero-order chi connectivity index (χ0) is 13.9. The molecule has 106 valence electrons. The van der Waals surface area contributed by atoms with Crippen molar-refractivity contribution in [1.82, 2.24) is 5.32 Å². The van der Waals surface area contributed by atoms with Crippen LogP contribution in [0.15, 0.2) is 24.3 Å². The molecule has 1 heterocycles. The molecule has 0 bridgehead atoms. The van der Waals surface area contributed by atoms with Crippen LogP contribution < -0.4 is 5.32 Å². The first-order valence-corrected chi connectivity index (χ1v) is 7.57. The van der Waals surface area contributed by atoms with Crippen molar-refractivity contribution in [3.8, 4) is 0 Å². The Bertz CT molecular complexity index is 396. The van der Waals surface area contributed by atoms with Gasteiger partial charge in [0, 0.05) is 6.04 Å². The summed E-state index contributed by atoms with van der Waals surface area (Å²) in [6.07, 6.45) is -2.26. The molecule has 1 N–H and O–H groups in total. The lowest BCUT2D eigenvalue weighted by Gasteiger charge is -2.22. The summed E-state index contributed by atoms with van der Waals surface area (Å²) in [5.74, 6) is 2.96. The fraction of sp³-hybridized carbons (Fsp3) is 0.571. The van der Waals surface area contributed by atoms with Gasteiger partial charge in [-0.05, 0) is 55.0 Å². The van der Waals surface area contributed by atoms with Gasteiger partial charge in [-0.1, -0.05) is 12.1 Å². The summed E-state index contributed by atoms with van der Waals surface area (Å²) in [7, 11) is 1.93. The maximum Gasteiger partial charge on any atom is 0.416 e. The Morgan fingerprint density at radius 3 is 2.47 bits per heavy atom. The number of likely N-dealkylation sites (N-methyl/N-ethyl adjacent to an activating group) is 1. The van der Waals surface area contributed by atoms with Gasteiger partial charge in [0.2, 0.25) is 0 Å². The zero-order valence-electron chi connectivity index (χ0n) is 10.8. The first kappa shape index (κ1) is 14.7. The van der Waals surface area contributed by atoms with E-state index in [0.29, 0.717) is 12.0 Å². The highest BCUT2D eigenvalue weighted by Crippen LogP contribution is 2.30. The van der Waals surface area contributed by atoms with E-state index in [9.17, 15) is 13.2 Å². The first-order chi connectivity index (χ1) is 9.00. The number of halogens is 3. The fourth-order valence-electron chi connectivity index (χ4n) is 2.46. The van der Waals surface area contributed by atoms with Crippen LogP contribution in [0.3, 0.4) is 0 Å². The predicted octanol–water partition coefficient (Wildman–Crippen LogP) is 3.59. The van der Waals surface area contributed by atoms with Gasteiger partial charge in [0.05, 0.1) is 5.56 Å². The lowest BCUT2D eigenvalue weighted by Crippen LogP contribution is -2.35. The van der Waals surface area contributed by atoms with E-state index in [0.717, 1.165) is 17.7 Å². The second-order valence-electron chi connectivity index (χ2n) is 4.92. The molecular formula is C14H18F3NS. The van der Waals surface area contributed by atoms with E-state index >= 15 is 0 Å². The van der Waals surface area contributed by atoms with E-state index in [1.165, 1.54) is 24.3 Å². The van der Waals surface area contributed by atoms with Crippen molar-refractivity contribution in [2.45, 2.75) is 25.1 Å². The number of thioether (sulfide) groups is 1. The Labute approximate surface area is 116 Å². The van der Waals surface area contributed by atoms with Crippen LogP contribution >= 0.6 is 11.8 Å². The molecule has 1 aromatic carbocycles. The average Bonchev–Trinajstić information content (AvgIpc) is 2.89. The van der Waals surface area contributed by atoms with Crippen molar-refractivity contribution in [3.05, 3.63) is 35.4 Å². The smallest absolute Gasteiger partial charge is 0.316 e. The molecule has 0 amide bonds. The topological polar surface area (TPSA) is 12.0 Å². The molecule has 2 atom stereocenters. The third-order valence-electron chi connectivity index (χ3n) is 3.64. The Balaban J connectivity index is 2.01. The maximum atomic E-state index is 12.5. The second-order valence-corrected chi connectivity index (χ2v) is 6.07. The third kappa shape index (κ3) is 3.89. The van der Waals surface area contributed by atoms with Gasteiger partial charge in [-0.2, -0.15) is 24.9 Å². The quantitative estimate of drug-likeness (QED) is 0.909. The van der Waals surface area contributed by atoms with Gasteiger partial charge in [0.25, 0.3) is 0 Å². The Hall–Kier alpha value is -0.680. The molecule has 0 radical (unpaired) electrons. The largest absolute Gasteiger partial charge is 0.416 e. The van der Waals surface area contributed by atoms with Crippen molar-refractivity contribution in [2.24, 2.45) is 5.92 Å². The van der Waals surface area contributed by atoms with E-state index in [4.69, 9.17) is 0 Å². The Kier molecular flexibility index (Phi) is 4.79. The first-order valence-electron chi connectivity index (χ1n) is 6.42. The molecule has 0 spiro atoms. The number of hydrogen-bond acceptors (Lipinski definition) is 2. The van der Waals surface area contributed by atoms with Crippen molar-refractivity contribution in [3.63, 3.8) is 0 Å². The summed E-state index contributed by atoms with van der Waals surface area (Å²) in [6, 6.07) is 5.88. The minimum Gasteiger partial charge on any atom is -0.316 e. The third-order valence-corrected chi connectivity index (χ3v) is 4.83. The number of benzene rings is 1. The number of rotatable bonds is 4. The van der Waals surface area contributed by atoms with E-state index < -0.39 is 11.7 Å². The molecule has 2 unspecified atom stereocenters. The van der Waals surface area contributed by atoms with Gasteiger partial charge in [-0.3, -0.25) is 0 Å². The molecular weight excluding hydrogens is 271 g/mol. The monoisotopic (exact) mass is 289 g/mol. The van der Waals surface area contributed by atoms with Gasteiger partial charge in [-0.15, -0.1) is 0 Å². The molecule has 5 heteroatoms. The van der Waals surface area contributed by atoms with Crippen molar-refractivity contribution >= 4 is 11.8 Å². The molecule has 19 heavy (non-hydrogen) atoms. The molecule has 0 saturated carbocycles. The summed E-state index contributed by atoms with van der Waals surface area (Å²) in [6.45, 7) is 0. The molecule has 1 saturated heterocycles. The standard InChI is InChI=1S/C14H18F3NS/c1-18-13(11-6-7-19-9-11)8-10-2-4-12(5-3-10)14(15,16)17/h2-5,11,13,18H,6-9H2,1H3. The van der Waals surface area contributed by atoms with Crippen molar-refractivity contribution in [2.75, 3.05) is 18.6 Å². The molecule has 1 nitrogen and oxygen atoms in total. The molecule has 1 aliphatic heterocycles. The lowest BCUT2D eigenvalue weighted by atomic mass is 9.93. The second kappa shape index (κ2) is 6.18. The molecule has 0 aliphatic carbocycles. The Morgan fingerprint density at radius 1 is 1.32 bits per heavy atom. The summed E-state index contributed by atoms with van der Waals surface area (Å²) < 4.78 is 37.4. The SMILES string of the molecule is CNC(Cc1ccc(C(F)(F)F)cc1)C1CCSC1. The van der Waals surface area contributed by atoms with E-state index in [-0.39, 0.29) is 0 Å². The van der Waals surface area contributed by atoms with Crippen LogP contribution in [-0.4, -0.2) is 24.6 Å². The highest BCUT2D eigenvalue weighted by atomic mass is 32.2. The van der Waals surface area contributed by atoms with Crippen LogP contribution in [0.2, 0.25) is 0 Å². The van der Waals surface area contributed by atoms with Crippen molar-refractivity contribution in [1.29, 1.82) is 0 Å². The van der Waals surface area contributed by atoms with E-state index in [1.54, 1.807) is 12.1 Å². The van der Waals surface area contributed by atoms with Gasteiger partial charge in [-0.25, -0.2) is 0 Å². The van der Waals surface area contributed by atoms with Crippen LogP contribution in [-0.2, 0) is 12.6 Å². The zero-order valence-corrected chi connectivity index (χ0v) is 11.7. The van der Waals surface area contributed by atoms with Crippen LogP contribution in [0.4, 0.5) is 13.2 Å². The molecule has 1 aromatic rings. The average molecular weight is 289 g/mol. The van der Waals surface area contributed by atoms with Crippen LogP contribution in [0, 0.1) is 5.92 Å². The van der Waals surface area contributed by atoms with E-state index in [2.05, 4.69) is 5.32 Å². The van der Waals surface area contributed by atoms with Crippen LogP contribution in [0.1, 0.15) is 17.5 Å². The molecule has 0 aromatic heterocycles. The molecule has 2 rings (SSSR count). The summed E-state index contributed by atoms with van der Waals surface area (Å²) >= 11 is 1.95. The van der Waals surface area contributed by atoms with E-state index in [1.807, 2.05) is 18.8 Å². The van der Waals surface area contributed by atoms with Crippen molar-refractivity contribution < 1.29 is 13.2 Å². The summed E-state index contributed by atoms with van der Waals surface area (Å²) in [4.78, 5) is 0. The van der Waals surface area contributed by atoms with Gasteiger partial charge in [0.1, 0.15) is 0 Å². The minimum atomic E-state index is -4.25. The summed E-state index contributed by atoms with van der Waals surface area (Å²) in [5, 5.41) is 3.30. The number of nitrogens with one attached hydrogen (secondary N) is 1. The molecule has 1 aliphatic rings. The van der Waals surface area contributed by atoms with Gasteiger partial charge < -0.3 is 5.32 Å². The predicted molar refractivity (Wildman–Crippen MR) is 73.4 cm³/mol. The lowest BCUT2D eigenvalue weighted by molar-refractivity contribution is -0.137. The fourth-order valence-corrected chi connectivity index (χ4v) is 3.80. The van der Waals surface area contributed by atoms with Gasteiger partial charge >= 0.3 is 6.18 Å². The number of alkyl halides is 3. The maximum absolute atomic E-state index is 12.5. The van der Waals surface area contributed by atoms with Crippen LogP contribution in [0.5, 0.6) is 0 Å². The highest BCUT2D eigenvalue weighted by molar-refractivity contribution is 7.99. The Morgan fingerprint density at radius 2 is 2.00 bits per heavy atom. The normalized spacial score (nSPS) is 21.6. The van der Waals surface area contributed by atoms with Gasteiger partial charge in [0.15, 0.2) is 0 Å². The molecule has 1 fully saturated rings. The number of hydrogen-bond donors (Lipinski definition) is 1. The highest BCUT2D eigenvalue weighted by Gasteiger charge is 2.30. The summed E-state index contributed by atoms with van der Waals surface area (Å²) in [5.41, 5.74) is 0.387. The minimum absolute atomic E-state index is 0.353.